The van der Waals surface area contributed by atoms with Crippen molar-refractivity contribution >= 4 is 55.7 Å². The molecule has 1 fully saturated rings. The second-order valence-electron chi connectivity index (χ2n) is 4.52. The number of aromatic nitrogens is 2. The Kier molecular flexibility index (Phi) is 3.82. The highest BCUT2D eigenvalue weighted by Gasteiger charge is 2.27. The van der Waals surface area contributed by atoms with Crippen molar-refractivity contribution < 1.29 is 0 Å². The Balaban J connectivity index is 2.14. The molecule has 6 heteroatoms. The van der Waals surface area contributed by atoms with Crippen molar-refractivity contribution in [2.24, 2.45) is 0 Å². The lowest BCUT2D eigenvalue weighted by molar-refractivity contribution is 0.973. The topological polar surface area (TPSA) is 28.7 Å². The highest BCUT2D eigenvalue weighted by Crippen LogP contribution is 2.43. The Morgan fingerprint density at radius 1 is 1.32 bits per heavy atom. The zero-order valence-corrected chi connectivity index (χ0v) is 14.5. The van der Waals surface area contributed by atoms with Crippen LogP contribution in [0.2, 0.25) is 5.02 Å². The normalized spacial score (nSPS) is 14.7. The Morgan fingerprint density at radius 2 is 2.05 bits per heavy atom. The minimum Gasteiger partial charge on any atom is -0.342 e. The van der Waals surface area contributed by atoms with Crippen LogP contribution in [0.5, 0.6) is 0 Å². The van der Waals surface area contributed by atoms with Crippen molar-refractivity contribution in [1.82, 2.24) is 9.97 Å². The average molecular weight is 421 g/mol. The van der Waals surface area contributed by atoms with Crippen LogP contribution in [0.15, 0.2) is 27.1 Å². The van der Waals surface area contributed by atoms with Gasteiger partial charge in [0.25, 0.3) is 0 Å². The number of hydrogen-bond acceptors (Lipinski definition) is 2. The molecule has 0 spiro atoms. The van der Waals surface area contributed by atoms with E-state index in [2.05, 4.69) is 41.8 Å². The summed E-state index contributed by atoms with van der Waals surface area (Å²) in [5.74, 6) is 1.36. The predicted molar refractivity (Wildman–Crippen MR) is 87.2 cm³/mol. The van der Waals surface area contributed by atoms with Gasteiger partial charge in [0, 0.05) is 21.6 Å². The Morgan fingerprint density at radius 3 is 2.68 bits per heavy atom. The Labute approximate surface area is 137 Å². The van der Waals surface area contributed by atoms with Gasteiger partial charge in [0.15, 0.2) is 0 Å². The van der Waals surface area contributed by atoms with E-state index < -0.39 is 0 Å². The van der Waals surface area contributed by atoms with Crippen LogP contribution in [-0.2, 0) is 0 Å². The molecule has 2 aromatic rings. The maximum atomic E-state index is 6.01. The van der Waals surface area contributed by atoms with Crippen molar-refractivity contribution in [3.8, 4) is 11.4 Å². The van der Waals surface area contributed by atoms with Gasteiger partial charge >= 0.3 is 0 Å². The lowest BCUT2D eigenvalue weighted by atomic mass is 10.2. The third-order valence-electron chi connectivity index (χ3n) is 3.07. The zero-order chi connectivity index (χ0) is 13.6. The molecule has 0 atom stereocenters. The fourth-order valence-corrected chi connectivity index (χ4v) is 3.12. The first kappa shape index (κ1) is 13.7. The minimum absolute atomic E-state index is 0.577. The van der Waals surface area contributed by atoms with Crippen molar-refractivity contribution in [2.75, 3.05) is 0 Å². The summed E-state index contributed by atoms with van der Waals surface area (Å²) < 4.78 is 2.37. The van der Waals surface area contributed by atoms with Crippen LogP contribution in [0.3, 0.4) is 0 Å². The maximum Gasteiger partial charge on any atom is 0.144 e. The van der Waals surface area contributed by atoms with E-state index in [0.29, 0.717) is 15.6 Å². The van der Waals surface area contributed by atoms with Gasteiger partial charge in [-0.1, -0.05) is 23.8 Å². The number of aromatic amines is 1. The van der Waals surface area contributed by atoms with Gasteiger partial charge in [-0.25, -0.2) is 4.98 Å². The van der Waals surface area contributed by atoms with Gasteiger partial charge in [-0.15, -0.1) is 0 Å². The molecule has 0 aliphatic heterocycles. The third kappa shape index (κ3) is 2.79. The minimum atomic E-state index is 0.577. The second-order valence-corrected chi connectivity index (χ2v) is 6.96. The molecule has 1 saturated carbocycles. The standard InChI is InChI=1S/C13H9Br2ClN2S/c14-8-5-7(3-4-9(8)16)12-17-11(6-1-2-6)10(15)13(19)18-12/h3-6H,1-2H2,(H,17,18,19). The van der Waals surface area contributed by atoms with Crippen molar-refractivity contribution in [1.29, 1.82) is 0 Å². The van der Waals surface area contributed by atoms with Crippen molar-refractivity contribution in [2.45, 2.75) is 18.8 Å². The molecule has 1 N–H and O–H groups in total. The van der Waals surface area contributed by atoms with Crippen molar-refractivity contribution in [3.05, 3.63) is 42.5 Å². The van der Waals surface area contributed by atoms with Gasteiger partial charge in [0.05, 0.1) is 9.50 Å². The first-order chi connectivity index (χ1) is 9.06. The van der Waals surface area contributed by atoms with E-state index in [4.69, 9.17) is 23.8 Å². The SMILES string of the molecule is S=c1nc(-c2ccc(Cl)c(Br)c2)[nH]c(C2CC2)c1Br. The molecule has 2 nitrogen and oxygen atoms in total. The first-order valence-electron chi connectivity index (χ1n) is 5.81. The molecule has 1 aromatic carbocycles. The van der Waals surface area contributed by atoms with E-state index in [1.54, 1.807) is 0 Å². The predicted octanol–water partition coefficient (Wildman–Crippen LogP) is 5.86. The number of nitrogens with zero attached hydrogens (tertiary/aromatic N) is 1. The Bertz CT molecular complexity index is 710. The van der Waals surface area contributed by atoms with E-state index in [9.17, 15) is 0 Å². The highest BCUT2D eigenvalue weighted by atomic mass is 79.9. The number of H-pyrrole nitrogens is 1. The smallest absolute Gasteiger partial charge is 0.144 e. The summed E-state index contributed by atoms with van der Waals surface area (Å²) in [6, 6.07) is 5.73. The molecule has 19 heavy (non-hydrogen) atoms. The monoisotopic (exact) mass is 418 g/mol. The van der Waals surface area contributed by atoms with E-state index in [-0.39, 0.29) is 0 Å². The van der Waals surface area contributed by atoms with Crippen LogP contribution in [0.4, 0.5) is 0 Å². The first-order valence-corrected chi connectivity index (χ1v) is 8.18. The van der Waals surface area contributed by atoms with E-state index >= 15 is 0 Å². The molecule has 0 saturated heterocycles. The maximum absolute atomic E-state index is 6.01. The fraction of sp³-hybridized carbons (Fsp3) is 0.231. The molecular formula is C13H9Br2ClN2S. The van der Waals surface area contributed by atoms with Gasteiger partial charge in [0.2, 0.25) is 0 Å². The van der Waals surface area contributed by atoms with Gasteiger partial charge in [-0.05, 0) is 62.9 Å². The molecule has 0 bridgehead atoms. The second kappa shape index (κ2) is 5.28. The van der Waals surface area contributed by atoms with Crippen LogP contribution < -0.4 is 0 Å². The summed E-state index contributed by atoms with van der Waals surface area (Å²) in [7, 11) is 0. The number of hydrogen-bond donors (Lipinski definition) is 1. The summed E-state index contributed by atoms with van der Waals surface area (Å²) >= 11 is 18.3. The van der Waals surface area contributed by atoms with Gasteiger partial charge in [-0.3, -0.25) is 0 Å². The lowest BCUT2D eigenvalue weighted by Crippen LogP contribution is -1.97. The van der Waals surface area contributed by atoms with Crippen LogP contribution >= 0.6 is 55.7 Å². The van der Waals surface area contributed by atoms with E-state index in [0.717, 1.165) is 26.0 Å². The van der Waals surface area contributed by atoms with Crippen LogP contribution in [-0.4, -0.2) is 9.97 Å². The molecule has 1 aliphatic carbocycles. The third-order valence-corrected chi connectivity index (χ3v) is 5.64. The summed E-state index contributed by atoms with van der Waals surface area (Å²) in [6.45, 7) is 0. The molecule has 3 rings (SSSR count). The quantitative estimate of drug-likeness (QED) is 0.616. The number of rotatable bonds is 2. The molecule has 0 amide bonds. The lowest BCUT2D eigenvalue weighted by Gasteiger charge is -2.08. The van der Waals surface area contributed by atoms with Crippen molar-refractivity contribution in [3.63, 3.8) is 0 Å². The molecule has 98 valence electrons. The molecule has 1 heterocycles. The number of nitrogens with one attached hydrogen (secondary N) is 1. The number of halogens is 3. The van der Waals surface area contributed by atoms with E-state index in [1.807, 2.05) is 18.2 Å². The largest absolute Gasteiger partial charge is 0.342 e. The van der Waals surface area contributed by atoms with E-state index in [1.165, 1.54) is 12.8 Å². The molecule has 1 aromatic heterocycles. The van der Waals surface area contributed by atoms with Gasteiger partial charge in [0.1, 0.15) is 10.5 Å². The Hall–Kier alpha value is -0.230. The average Bonchev–Trinajstić information content (AvgIpc) is 3.20. The summed E-state index contributed by atoms with van der Waals surface area (Å²) in [5, 5.41) is 0.682. The molecular weight excluding hydrogens is 411 g/mol. The van der Waals surface area contributed by atoms with Crippen LogP contribution in [0.25, 0.3) is 11.4 Å². The van der Waals surface area contributed by atoms with Crippen LogP contribution in [0, 0.1) is 4.64 Å². The van der Waals surface area contributed by atoms with Gasteiger partial charge in [-0.2, -0.15) is 0 Å². The molecule has 0 unspecified atom stereocenters. The molecule has 1 aliphatic rings. The highest BCUT2D eigenvalue weighted by molar-refractivity contribution is 9.10. The summed E-state index contributed by atoms with van der Waals surface area (Å²) in [4.78, 5) is 7.82. The van der Waals surface area contributed by atoms with Gasteiger partial charge < -0.3 is 4.98 Å². The fourth-order valence-electron chi connectivity index (χ4n) is 1.91. The summed E-state index contributed by atoms with van der Waals surface area (Å²) in [6.07, 6.45) is 2.41. The zero-order valence-electron chi connectivity index (χ0n) is 9.71. The van der Waals surface area contributed by atoms with Crippen LogP contribution in [0.1, 0.15) is 24.5 Å². The number of benzene rings is 1. The summed E-state index contributed by atoms with van der Waals surface area (Å²) in [5.41, 5.74) is 2.12. The molecule has 0 radical (unpaired) electrons.